The Kier molecular flexibility index (Phi) is 12.2. The molecule has 1 aromatic heterocycles. The highest BCUT2D eigenvalue weighted by Gasteiger charge is 2.56. The number of piperazine rings is 1. The van der Waals surface area contributed by atoms with Gasteiger partial charge in [-0.1, -0.05) is 0 Å². The van der Waals surface area contributed by atoms with E-state index in [0.717, 1.165) is 57.5 Å². The number of imide groups is 1. The summed E-state index contributed by atoms with van der Waals surface area (Å²) in [7, 11) is 0. The molecule has 6 aliphatic heterocycles. The van der Waals surface area contributed by atoms with Gasteiger partial charge in [0.1, 0.15) is 34.6 Å². The molecule has 3 atom stereocenters. The van der Waals surface area contributed by atoms with E-state index in [2.05, 4.69) is 41.0 Å². The van der Waals surface area contributed by atoms with Crippen LogP contribution in [-0.2, 0) is 30.5 Å². The predicted octanol–water partition coefficient (Wildman–Crippen LogP) is 6.43. The zero-order valence-electron chi connectivity index (χ0n) is 38.9. The molecular formula is C53H53F2N9O7. The first-order chi connectivity index (χ1) is 34.3. The Morgan fingerprint density at radius 3 is 2.18 bits per heavy atom. The van der Waals surface area contributed by atoms with E-state index in [-0.39, 0.29) is 36.5 Å². The van der Waals surface area contributed by atoms with E-state index in [4.69, 9.17) is 4.74 Å². The Labute approximate surface area is 408 Å². The maximum atomic E-state index is 16.0. The van der Waals surface area contributed by atoms with Gasteiger partial charge in [-0.2, -0.15) is 0 Å². The van der Waals surface area contributed by atoms with Gasteiger partial charge in [-0.15, -0.1) is 0 Å². The van der Waals surface area contributed by atoms with Crippen molar-refractivity contribution in [2.75, 3.05) is 60.1 Å². The van der Waals surface area contributed by atoms with Crippen LogP contribution in [0.2, 0.25) is 0 Å². The van der Waals surface area contributed by atoms with Crippen molar-refractivity contribution in [3.8, 4) is 11.5 Å². The van der Waals surface area contributed by atoms with Crippen molar-refractivity contribution in [2.24, 2.45) is 11.3 Å². The number of anilines is 4. The molecule has 5 saturated heterocycles. The average Bonchev–Trinajstić information content (AvgIpc) is 4.13. The van der Waals surface area contributed by atoms with E-state index in [0.29, 0.717) is 101 Å². The van der Waals surface area contributed by atoms with Gasteiger partial charge in [-0.3, -0.25) is 48.9 Å². The second-order valence-electron chi connectivity index (χ2n) is 19.8. The Hall–Kier alpha value is -7.31. The van der Waals surface area contributed by atoms with Gasteiger partial charge in [0, 0.05) is 105 Å². The van der Waals surface area contributed by atoms with Crippen LogP contribution in [0, 0.1) is 23.0 Å². The lowest BCUT2D eigenvalue weighted by molar-refractivity contribution is -0.137. The molecular weight excluding hydrogens is 913 g/mol. The number of carbonyl (C=O) groups excluding carboxylic acids is 6. The molecule has 7 heterocycles. The lowest BCUT2D eigenvalue weighted by Crippen LogP contribution is -2.69. The number of pyridine rings is 1. The van der Waals surface area contributed by atoms with Gasteiger partial charge in [0.2, 0.25) is 29.5 Å². The van der Waals surface area contributed by atoms with Gasteiger partial charge in [0.05, 0.1) is 11.2 Å². The van der Waals surface area contributed by atoms with Crippen molar-refractivity contribution in [1.82, 2.24) is 25.0 Å². The first kappa shape index (κ1) is 46.1. The molecule has 6 fully saturated rings. The molecule has 18 heteroatoms. The van der Waals surface area contributed by atoms with Crippen LogP contribution in [0.15, 0.2) is 91.1 Å². The van der Waals surface area contributed by atoms with Crippen LogP contribution in [0.5, 0.6) is 11.5 Å². The highest BCUT2D eigenvalue weighted by molar-refractivity contribution is 6.17. The second-order valence-corrected chi connectivity index (χ2v) is 19.8. The molecule has 2 bridgehead atoms. The van der Waals surface area contributed by atoms with Gasteiger partial charge in [-0.25, -0.2) is 8.78 Å². The molecule has 7 aliphatic rings. The maximum absolute atomic E-state index is 16.0. The predicted molar refractivity (Wildman–Crippen MR) is 260 cm³/mol. The summed E-state index contributed by atoms with van der Waals surface area (Å²) in [4.78, 5) is 89.5. The number of piperidine rings is 3. The fraction of sp³-hybridized carbons (Fsp3) is 0.377. The monoisotopic (exact) mass is 965 g/mol. The van der Waals surface area contributed by atoms with Gasteiger partial charge in [-0.05, 0) is 135 Å². The minimum atomic E-state index is -1.20. The summed E-state index contributed by atoms with van der Waals surface area (Å²) in [6, 6.07) is 22.5. The summed E-state index contributed by atoms with van der Waals surface area (Å²) in [6.07, 6.45) is 6.30. The number of nitrogens with one attached hydrogen (secondary N) is 4. The minimum absolute atomic E-state index is 0.0997. The van der Waals surface area contributed by atoms with Crippen LogP contribution >= 0.6 is 0 Å². The molecule has 0 radical (unpaired) electrons. The second kappa shape index (κ2) is 18.8. The van der Waals surface area contributed by atoms with E-state index >= 15 is 4.39 Å². The fourth-order valence-corrected chi connectivity index (χ4v) is 11.0. The molecule has 4 N–H and O–H groups in total. The molecule has 12 rings (SSSR count). The van der Waals surface area contributed by atoms with E-state index in [1.807, 2.05) is 0 Å². The summed E-state index contributed by atoms with van der Waals surface area (Å²) in [5.41, 5.74) is 2.67. The Bertz CT molecular complexity index is 2950. The van der Waals surface area contributed by atoms with E-state index in [1.54, 1.807) is 60.8 Å². The lowest BCUT2D eigenvalue weighted by Gasteiger charge is -2.57. The number of hydrogen-bond acceptors (Lipinski definition) is 11. The first-order valence-corrected chi connectivity index (χ1v) is 24.4. The van der Waals surface area contributed by atoms with E-state index in [9.17, 15) is 33.2 Å². The highest BCUT2D eigenvalue weighted by atomic mass is 19.1. The third kappa shape index (κ3) is 9.40. The summed E-state index contributed by atoms with van der Waals surface area (Å²) in [5, 5.41) is 11.4. The topological polar surface area (TPSA) is 186 Å². The lowest BCUT2D eigenvalue weighted by atomic mass is 9.84. The van der Waals surface area contributed by atoms with Gasteiger partial charge >= 0.3 is 0 Å². The number of fused-ring (bicyclic) bond motifs is 4. The molecule has 4 aromatic carbocycles. The van der Waals surface area contributed by atoms with E-state index in [1.165, 1.54) is 35.2 Å². The summed E-state index contributed by atoms with van der Waals surface area (Å²) in [6.45, 7) is 5.19. The molecule has 5 aromatic rings. The molecule has 366 valence electrons. The number of benzene rings is 4. The van der Waals surface area contributed by atoms with Crippen molar-refractivity contribution in [3.63, 3.8) is 0 Å². The summed E-state index contributed by atoms with van der Waals surface area (Å²) < 4.78 is 35.5. The summed E-state index contributed by atoms with van der Waals surface area (Å²) >= 11 is 0. The standard InChI is InChI=1S/C53H53F2N9O7/c54-33-1-3-34(4-2-33)58-51(69)53(17-18-53)52(70)59-35-5-8-39(9-6-35)71-46-13-19-56-43-26-45(42(55)25-41(43)46)62-21-14-31(15-22-62)27-63-37-24-38(63)30-61(29-37)20-16-48(66)57-36-7-10-40-32(23-36)28-64(50(40)68)44-11-12-47(65)60-49(44)67/h1-10,13,19,23,25-26,31,37-38,44H,11-12,14-18,20-22,24,27-30H2,(H,57,66)(H,58,69)(H,59,70)(H,60,65,67). The van der Waals surface area contributed by atoms with Crippen LogP contribution in [0.4, 0.5) is 31.5 Å². The van der Waals surface area contributed by atoms with E-state index < -0.39 is 35.0 Å². The van der Waals surface area contributed by atoms with Crippen molar-refractivity contribution in [1.29, 1.82) is 0 Å². The Balaban J connectivity index is 0.624. The van der Waals surface area contributed by atoms with Gasteiger partial charge in [0.15, 0.2) is 0 Å². The molecule has 3 unspecified atom stereocenters. The van der Waals surface area contributed by atoms with Crippen molar-refractivity contribution < 1.29 is 42.3 Å². The molecule has 0 spiro atoms. The maximum Gasteiger partial charge on any atom is 0.255 e. The van der Waals surface area contributed by atoms with Crippen LogP contribution in [-0.4, -0.2) is 113 Å². The zero-order valence-corrected chi connectivity index (χ0v) is 38.9. The van der Waals surface area contributed by atoms with Crippen LogP contribution in [0.1, 0.15) is 67.3 Å². The third-order valence-electron chi connectivity index (χ3n) is 15.1. The number of rotatable bonds is 14. The van der Waals surface area contributed by atoms with Crippen LogP contribution in [0.25, 0.3) is 10.9 Å². The Morgan fingerprint density at radius 2 is 1.49 bits per heavy atom. The van der Waals surface area contributed by atoms with Gasteiger partial charge < -0.3 is 30.5 Å². The van der Waals surface area contributed by atoms with Crippen LogP contribution in [0.3, 0.4) is 0 Å². The number of carbonyl (C=O) groups is 6. The molecule has 16 nitrogen and oxygen atoms in total. The minimum Gasteiger partial charge on any atom is -0.457 e. The number of amides is 6. The van der Waals surface area contributed by atoms with Crippen molar-refractivity contribution >= 4 is 69.1 Å². The SMILES string of the molecule is O=C1CCC(N2Cc3cc(NC(=O)CCN4CC5CC(C4)N5CC4CCN(c5cc6nccc(Oc7ccc(NC(=O)C8(C(=O)Nc9ccc(F)cc9)CC8)cc7)c6cc5F)CC4)ccc3C2=O)C(=O)N1. The number of hydrogen-bond donors (Lipinski definition) is 4. The highest BCUT2D eigenvalue weighted by Crippen LogP contribution is 2.48. The van der Waals surface area contributed by atoms with Crippen molar-refractivity contribution in [2.45, 2.75) is 76.0 Å². The number of aromatic nitrogens is 1. The zero-order chi connectivity index (χ0) is 49.0. The Morgan fingerprint density at radius 1 is 0.803 bits per heavy atom. The molecule has 71 heavy (non-hydrogen) atoms. The largest absolute Gasteiger partial charge is 0.457 e. The molecule has 1 saturated carbocycles. The number of ether oxygens (including phenoxy) is 1. The average molecular weight is 966 g/mol. The summed E-state index contributed by atoms with van der Waals surface area (Å²) in [5.74, 6) is -1.37. The smallest absolute Gasteiger partial charge is 0.255 e. The molecule has 6 amide bonds. The molecule has 1 aliphatic carbocycles. The number of halogens is 2. The van der Waals surface area contributed by atoms with Gasteiger partial charge in [0.25, 0.3) is 5.91 Å². The van der Waals surface area contributed by atoms with Crippen LogP contribution < -0.4 is 30.9 Å². The number of nitrogens with zero attached hydrogens (tertiary/aromatic N) is 5. The normalized spacial score (nSPS) is 21.8. The first-order valence-electron chi connectivity index (χ1n) is 24.4. The third-order valence-corrected chi connectivity index (χ3v) is 15.1. The quantitative estimate of drug-likeness (QED) is 0.0711. The van der Waals surface area contributed by atoms with Crippen molar-refractivity contribution in [3.05, 3.63) is 114 Å². The fourth-order valence-electron chi connectivity index (χ4n) is 11.0.